The summed E-state index contributed by atoms with van der Waals surface area (Å²) in [6.07, 6.45) is 2.22. The lowest BCUT2D eigenvalue weighted by Gasteiger charge is -2.30. The van der Waals surface area contributed by atoms with Crippen molar-refractivity contribution in [2.75, 3.05) is 17.8 Å². The highest BCUT2D eigenvalue weighted by Gasteiger charge is 2.24. The number of β-amino-alcohol motifs (C(OH)–C–C–N with tert-alkyl or cyclic N) is 1. The smallest absolute Gasteiger partial charge is 0.279 e. The molecule has 1 aliphatic heterocycles. The van der Waals surface area contributed by atoms with Crippen LogP contribution in [0.3, 0.4) is 0 Å². The lowest BCUT2D eigenvalue weighted by molar-refractivity contribution is 0.0474. The van der Waals surface area contributed by atoms with Crippen molar-refractivity contribution in [1.29, 1.82) is 0 Å². The van der Waals surface area contributed by atoms with Crippen molar-refractivity contribution in [3.8, 4) is 0 Å². The molecule has 8 nitrogen and oxygen atoms in total. The molecule has 0 radical (unpaired) electrons. The number of amides is 1. The van der Waals surface area contributed by atoms with E-state index in [0.717, 1.165) is 6.42 Å². The maximum absolute atomic E-state index is 12.6. The predicted molar refractivity (Wildman–Crippen MR) is 96.3 cm³/mol. The Bertz CT molecular complexity index is 923. The normalized spacial score (nSPS) is 18.0. The summed E-state index contributed by atoms with van der Waals surface area (Å²) in [6, 6.07) is 6.35. The number of aliphatic hydroxyl groups excluding tert-OH is 1. The fourth-order valence-electron chi connectivity index (χ4n) is 2.98. The van der Waals surface area contributed by atoms with E-state index in [0.29, 0.717) is 36.6 Å². The molecule has 2 N–H and O–H groups in total. The number of hydrogen-bond acceptors (Lipinski definition) is 5. The lowest BCUT2D eigenvalue weighted by Crippen LogP contribution is -2.42. The van der Waals surface area contributed by atoms with Crippen LogP contribution in [-0.4, -0.2) is 53.1 Å². The van der Waals surface area contributed by atoms with Crippen molar-refractivity contribution >= 4 is 21.6 Å². The number of nitrogens with zero attached hydrogens (tertiary/aromatic N) is 3. The first kappa shape index (κ1) is 18.4. The molecule has 1 fully saturated rings. The van der Waals surface area contributed by atoms with Gasteiger partial charge >= 0.3 is 0 Å². The Morgan fingerprint density at radius 1 is 1.38 bits per heavy atom. The van der Waals surface area contributed by atoms with Gasteiger partial charge in [0.05, 0.1) is 12.3 Å². The number of carbonyl (C=O) groups is 1. The first-order valence-corrected chi connectivity index (χ1v) is 9.85. The van der Waals surface area contributed by atoms with E-state index in [1.165, 1.54) is 16.8 Å². The zero-order chi connectivity index (χ0) is 18.9. The van der Waals surface area contributed by atoms with Crippen LogP contribution >= 0.6 is 0 Å². The van der Waals surface area contributed by atoms with E-state index in [-0.39, 0.29) is 10.9 Å². The van der Waals surface area contributed by atoms with E-state index < -0.39 is 16.1 Å². The molecule has 0 spiro atoms. The molecule has 1 unspecified atom stereocenters. The van der Waals surface area contributed by atoms with Gasteiger partial charge in [-0.1, -0.05) is 6.07 Å². The van der Waals surface area contributed by atoms with E-state index in [4.69, 9.17) is 0 Å². The van der Waals surface area contributed by atoms with Gasteiger partial charge in [0.15, 0.2) is 5.03 Å². The van der Waals surface area contributed by atoms with Crippen molar-refractivity contribution in [3.05, 3.63) is 41.9 Å². The summed E-state index contributed by atoms with van der Waals surface area (Å²) < 4.78 is 29.1. The average molecular weight is 378 g/mol. The van der Waals surface area contributed by atoms with Crippen LogP contribution < -0.4 is 4.72 Å². The number of hydrogen-bond donors (Lipinski definition) is 2. The Kier molecular flexibility index (Phi) is 5.01. The first-order valence-electron chi connectivity index (χ1n) is 8.36. The van der Waals surface area contributed by atoms with E-state index in [1.807, 2.05) is 0 Å². The second kappa shape index (κ2) is 7.08. The number of aliphatic hydroxyl groups is 1. The summed E-state index contributed by atoms with van der Waals surface area (Å²) in [4.78, 5) is 18.2. The number of aromatic nitrogens is 2. The highest BCUT2D eigenvalue weighted by atomic mass is 32.2. The molecule has 26 heavy (non-hydrogen) atoms. The number of piperidine rings is 1. The van der Waals surface area contributed by atoms with Crippen LogP contribution in [0.25, 0.3) is 0 Å². The van der Waals surface area contributed by atoms with Gasteiger partial charge in [0.25, 0.3) is 15.9 Å². The largest absolute Gasteiger partial charge is 0.391 e. The van der Waals surface area contributed by atoms with Crippen LogP contribution in [0.2, 0.25) is 0 Å². The summed E-state index contributed by atoms with van der Waals surface area (Å²) in [5.41, 5.74) is 0.674. The number of anilines is 1. The fraction of sp³-hybridized carbons (Fsp3) is 0.412. The van der Waals surface area contributed by atoms with Crippen LogP contribution in [-0.2, 0) is 17.1 Å². The Morgan fingerprint density at radius 3 is 2.81 bits per heavy atom. The Balaban J connectivity index is 1.81. The Labute approximate surface area is 152 Å². The zero-order valence-electron chi connectivity index (χ0n) is 14.7. The van der Waals surface area contributed by atoms with Gasteiger partial charge in [-0.25, -0.2) is 4.98 Å². The van der Waals surface area contributed by atoms with Crippen LogP contribution in [0.15, 0.2) is 35.5 Å². The molecule has 0 aliphatic carbocycles. The minimum Gasteiger partial charge on any atom is -0.391 e. The number of rotatable bonds is 4. The number of benzene rings is 1. The molecule has 2 aromatic rings. The molecule has 0 saturated carbocycles. The maximum Gasteiger partial charge on any atom is 0.279 e. The van der Waals surface area contributed by atoms with Crippen LogP contribution in [0.5, 0.6) is 0 Å². The highest BCUT2D eigenvalue weighted by Crippen LogP contribution is 2.20. The maximum atomic E-state index is 12.6. The van der Waals surface area contributed by atoms with Crippen LogP contribution in [0.4, 0.5) is 5.69 Å². The third-order valence-corrected chi connectivity index (χ3v) is 5.93. The topological polar surface area (TPSA) is 105 Å². The quantitative estimate of drug-likeness (QED) is 0.830. The predicted octanol–water partition coefficient (Wildman–Crippen LogP) is 1.13. The number of imidazole rings is 1. The standard InChI is InChI=1S/C17H22N4O4S/c1-12-18-10-16(20(12)2)26(24,25)19-14-6-3-5-13(9-14)17(23)21-8-4-7-15(22)11-21/h3,5-6,9-10,15,19,22H,4,7-8,11H2,1-2H3. The van der Waals surface area contributed by atoms with E-state index in [2.05, 4.69) is 9.71 Å². The number of likely N-dealkylation sites (tertiary alicyclic amines) is 1. The van der Waals surface area contributed by atoms with Gasteiger partial charge in [-0.3, -0.25) is 9.52 Å². The van der Waals surface area contributed by atoms with Gasteiger partial charge in [0, 0.05) is 31.4 Å². The molecule has 1 atom stereocenters. The second-order valence-electron chi connectivity index (χ2n) is 6.44. The summed E-state index contributed by atoms with van der Waals surface area (Å²) >= 11 is 0. The lowest BCUT2D eigenvalue weighted by atomic mass is 10.1. The Hall–Kier alpha value is -2.39. The number of carbonyl (C=O) groups excluding carboxylic acids is 1. The molecular weight excluding hydrogens is 356 g/mol. The monoisotopic (exact) mass is 378 g/mol. The van der Waals surface area contributed by atoms with E-state index >= 15 is 0 Å². The van der Waals surface area contributed by atoms with Crippen molar-refractivity contribution in [2.45, 2.75) is 30.9 Å². The third kappa shape index (κ3) is 3.73. The molecule has 1 amide bonds. The molecule has 1 aromatic heterocycles. The molecule has 3 rings (SSSR count). The highest BCUT2D eigenvalue weighted by molar-refractivity contribution is 7.92. The molecular formula is C17H22N4O4S. The molecule has 140 valence electrons. The van der Waals surface area contributed by atoms with Crippen molar-refractivity contribution in [2.24, 2.45) is 7.05 Å². The number of sulfonamides is 1. The second-order valence-corrected chi connectivity index (χ2v) is 8.07. The van der Waals surface area contributed by atoms with E-state index in [1.54, 1.807) is 37.1 Å². The third-order valence-electron chi connectivity index (χ3n) is 4.50. The molecule has 1 aromatic carbocycles. The van der Waals surface area contributed by atoms with Gasteiger partial charge in [0.2, 0.25) is 0 Å². The summed E-state index contributed by atoms with van der Waals surface area (Å²) in [6.45, 7) is 2.59. The molecule has 1 aliphatic rings. The van der Waals surface area contributed by atoms with Crippen LogP contribution in [0.1, 0.15) is 29.0 Å². The molecule has 1 saturated heterocycles. The van der Waals surface area contributed by atoms with Gasteiger partial charge in [-0.05, 0) is 38.0 Å². The van der Waals surface area contributed by atoms with Crippen molar-refractivity contribution in [3.63, 3.8) is 0 Å². The minimum atomic E-state index is -3.81. The number of aryl methyl sites for hydroxylation is 1. The zero-order valence-corrected chi connectivity index (χ0v) is 15.5. The minimum absolute atomic E-state index is 0.0471. The average Bonchev–Trinajstić information content (AvgIpc) is 2.94. The van der Waals surface area contributed by atoms with Gasteiger partial charge < -0.3 is 14.6 Å². The van der Waals surface area contributed by atoms with E-state index in [9.17, 15) is 18.3 Å². The van der Waals surface area contributed by atoms with Gasteiger partial charge in [-0.15, -0.1) is 0 Å². The Morgan fingerprint density at radius 2 is 2.15 bits per heavy atom. The van der Waals surface area contributed by atoms with Crippen LogP contribution in [0, 0.1) is 6.92 Å². The number of nitrogens with one attached hydrogen (secondary N) is 1. The van der Waals surface area contributed by atoms with Gasteiger partial charge in [0.1, 0.15) is 5.82 Å². The summed E-state index contributed by atoms with van der Waals surface area (Å²) in [5, 5.41) is 9.79. The SMILES string of the molecule is Cc1ncc(S(=O)(=O)Nc2cccc(C(=O)N3CCCC(O)C3)c2)n1C. The van der Waals surface area contributed by atoms with Crippen molar-refractivity contribution < 1.29 is 18.3 Å². The fourth-order valence-corrected chi connectivity index (χ4v) is 4.20. The summed E-state index contributed by atoms with van der Waals surface area (Å²) in [7, 11) is -2.19. The summed E-state index contributed by atoms with van der Waals surface area (Å²) in [5.74, 6) is 0.360. The molecule has 2 heterocycles. The molecule has 0 bridgehead atoms. The molecule has 9 heteroatoms. The van der Waals surface area contributed by atoms with Crippen molar-refractivity contribution in [1.82, 2.24) is 14.5 Å². The van der Waals surface area contributed by atoms with Gasteiger partial charge in [-0.2, -0.15) is 8.42 Å². The first-order chi connectivity index (χ1) is 12.3.